The molecule has 1 fully saturated rings. The summed E-state index contributed by atoms with van der Waals surface area (Å²) in [5.41, 5.74) is 3.98. The summed E-state index contributed by atoms with van der Waals surface area (Å²) >= 11 is 0. The van der Waals surface area contributed by atoms with Crippen molar-refractivity contribution < 1.29 is 9.18 Å². The zero-order chi connectivity index (χ0) is 22.9. The summed E-state index contributed by atoms with van der Waals surface area (Å²) in [6.45, 7) is 6.11. The zero-order valence-corrected chi connectivity index (χ0v) is 18.6. The van der Waals surface area contributed by atoms with Gasteiger partial charge in [-0.15, -0.1) is 0 Å². The molecule has 5 rings (SSSR count). The molecule has 7 nitrogen and oxygen atoms in total. The number of anilines is 1. The first-order valence-corrected chi connectivity index (χ1v) is 11.1. The predicted octanol–water partition coefficient (Wildman–Crippen LogP) is 4.70. The SMILES string of the molecule is Cc1cnnc(-c2ccc(C(=O)Nc3cc4[nH]c(CN5CCC[C@@H]5C)cc4cn3)c(F)c2)c1. The fraction of sp³-hybridized carbons (Fsp3) is 0.280. The van der Waals surface area contributed by atoms with E-state index in [-0.39, 0.29) is 5.56 Å². The Hall–Kier alpha value is -3.65. The first-order chi connectivity index (χ1) is 16.0. The molecule has 33 heavy (non-hydrogen) atoms. The van der Waals surface area contributed by atoms with E-state index in [1.807, 2.05) is 13.0 Å². The van der Waals surface area contributed by atoms with Crippen molar-refractivity contribution in [2.45, 2.75) is 39.3 Å². The number of aryl methyl sites for hydroxylation is 1. The van der Waals surface area contributed by atoms with Gasteiger partial charge in [0.2, 0.25) is 0 Å². The van der Waals surface area contributed by atoms with Gasteiger partial charge in [0.15, 0.2) is 0 Å². The van der Waals surface area contributed by atoms with Crippen molar-refractivity contribution in [3.63, 3.8) is 0 Å². The average molecular weight is 445 g/mol. The van der Waals surface area contributed by atoms with E-state index in [1.165, 1.54) is 25.0 Å². The van der Waals surface area contributed by atoms with Crippen LogP contribution in [0.2, 0.25) is 0 Å². The molecule has 0 aliphatic carbocycles. The summed E-state index contributed by atoms with van der Waals surface area (Å²) in [6, 6.07) is 10.7. The fourth-order valence-electron chi connectivity index (χ4n) is 4.33. The number of benzene rings is 1. The van der Waals surface area contributed by atoms with E-state index in [0.29, 0.717) is 23.1 Å². The molecule has 1 aliphatic heterocycles. The van der Waals surface area contributed by atoms with Gasteiger partial charge in [-0.05, 0) is 63.1 Å². The Bertz CT molecular complexity index is 1330. The number of aromatic amines is 1. The molecule has 0 unspecified atom stereocenters. The number of fused-ring (bicyclic) bond motifs is 1. The normalized spacial score (nSPS) is 16.4. The Morgan fingerprint density at radius 3 is 2.88 bits per heavy atom. The lowest BCUT2D eigenvalue weighted by Crippen LogP contribution is -2.26. The monoisotopic (exact) mass is 444 g/mol. The lowest BCUT2D eigenvalue weighted by Gasteiger charge is -2.19. The summed E-state index contributed by atoms with van der Waals surface area (Å²) in [5, 5.41) is 11.6. The number of nitrogens with one attached hydrogen (secondary N) is 2. The highest BCUT2D eigenvalue weighted by atomic mass is 19.1. The molecule has 1 aliphatic rings. The van der Waals surface area contributed by atoms with Gasteiger partial charge >= 0.3 is 0 Å². The van der Waals surface area contributed by atoms with Gasteiger partial charge in [0, 0.05) is 41.5 Å². The van der Waals surface area contributed by atoms with Gasteiger partial charge in [0.05, 0.1) is 23.0 Å². The van der Waals surface area contributed by atoms with Crippen molar-refractivity contribution in [1.29, 1.82) is 0 Å². The number of likely N-dealkylation sites (tertiary alicyclic amines) is 1. The number of carbonyl (C=O) groups excluding carboxylic acids is 1. The second-order valence-electron chi connectivity index (χ2n) is 8.68. The fourth-order valence-corrected chi connectivity index (χ4v) is 4.33. The molecule has 0 saturated carbocycles. The van der Waals surface area contributed by atoms with Crippen molar-refractivity contribution in [2.24, 2.45) is 0 Å². The molecule has 1 atom stereocenters. The summed E-state index contributed by atoms with van der Waals surface area (Å²) in [5.74, 6) is -0.821. The van der Waals surface area contributed by atoms with E-state index in [2.05, 4.69) is 43.4 Å². The van der Waals surface area contributed by atoms with Crippen LogP contribution < -0.4 is 5.32 Å². The number of carbonyl (C=O) groups is 1. The van der Waals surface area contributed by atoms with Crippen LogP contribution in [0.4, 0.5) is 10.2 Å². The topological polar surface area (TPSA) is 86.8 Å². The smallest absolute Gasteiger partial charge is 0.259 e. The van der Waals surface area contributed by atoms with E-state index in [0.717, 1.165) is 35.2 Å². The van der Waals surface area contributed by atoms with Gasteiger partial charge < -0.3 is 10.3 Å². The molecule has 1 amide bonds. The minimum Gasteiger partial charge on any atom is -0.357 e. The maximum atomic E-state index is 14.7. The van der Waals surface area contributed by atoms with Gasteiger partial charge in [-0.25, -0.2) is 9.37 Å². The van der Waals surface area contributed by atoms with Gasteiger partial charge in [-0.2, -0.15) is 10.2 Å². The maximum Gasteiger partial charge on any atom is 0.259 e. The molecule has 1 aromatic carbocycles. The summed E-state index contributed by atoms with van der Waals surface area (Å²) < 4.78 is 14.7. The number of rotatable bonds is 5. The Morgan fingerprint density at radius 2 is 2.12 bits per heavy atom. The molecule has 0 radical (unpaired) electrons. The van der Waals surface area contributed by atoms with Crippen LogP contribution in [0.5, 0.6) is 0 Å². The first kappa shape index (κ1) is 21.2. The van der Waals surface area contributed by atoms with Crippen molar-refractivity contribution in [3.8, 4) is 11.3 Å². The quantitative estimate of drug-likeness (QED) is 0.466. The Balaban J connectivity index is 1.32. The summed E-state index contributed by atoms with van der Waals surface area (Å²) in [4.78, 5) is 22.9. The minimum atomic E-state index is -0.628. The summed E-state index contributed by atoms with van der Waals surface area (Å²) in [6.07, 6.45) is 5.81. The van der Waals surface area contributed by atoms with Crippen LogP contribution in [-0.2, 0) is 6.54 Å². The minimum absolute atomic E-state index is 0.0588. The molecule has 4 heterocycles. The molecule has 3 aromatic heterocycles. The standard InChI is InChI=1S/C25H25FN6O/c1-15-8-23(31-28-12-15)17-5-6-20(21(26)10-17)25(33)30-24-11-22-18(13-27-24)9-19(29-22)14-32-7-3-4-16(32)2/h5-6,8-13,16,29H,3-4,7,14H2,1-2H3,(H,27,30,33)/t16-/m0/s1. The average Bonchev–Trinajstić information content (AvgIpc) is 3.38. The molecule has 0 bridgehead atoms. The number of aromatic nitrogens is 4. The van der Waals surface area contributed by atoms with E-state index >= 15 is 0 Å². The molecule has 0 spiro atoms. The largest absolute Gasteiger partial charge is 0.357 e. The van der Waals surface area contributed by atoms with E-state index < -0.39 is 11.7 Å². The Kier molecular flexibility index (Phi) is 5.60. The number of halogens is 1. The molecular formula is C25H25FN6O. The number of hydrogen-bond acceptors (Lipinski definition) is 5. The first-order valence-electron chi connectivity index (χ1n) is 11.1. The van der Waals surface area contributed by atoms with Gasteiger partial charge in [0.1, 0.15) is 11.6 Å². The van der Waals surface area contributed by atoms with Crippen LogP contribution in [0.1, 0.15) is 41.4 Å². The zero-order valence-electron chi connectivity index (χ0n) is 18.6. The van der Waals surface area contributed by atoms with Crippen LogP contribution in [0, 0.1) is 12.7 Å². The van der Waals surface area contributed by atoms with Crippen molar-refractivity contribution in [3.05, 3.63) is 71.4 Å². The highest BCUT2D eigenvalue weighted by Gasteiger charge is 2.21. The van der Waals surface area contributed by atoms with Crippen molar-refractivity contribution in [2.75, 3.05) is 11.9 Å². The van der Waals surface area contributed by atoms with Gasteiger partial charge in [-0.3, -0.25) is 9.69 Å². The number of hydrogen-bond donors (Lipinski definition) is 2. The predicted molar refractivity (Wildman–Crippen MR) is 125 cm³/mol. The Labute approximate surface area is 191 Å². The van der Waals surface area contributed by atoms with Crippen LogP contribution in [-0.4, -0.2) is 43.6 Å². The third-order valence-corrected chi connectivity index (χ3v) is 6.17. The van der Waals surface area contributed by atoms with Crippen LogP contribution >= 0.6 is 0 Å². The van der Waals surface area contributed by atoms with Crippen LogP contribution in [0.3, 0.4) is 0 Å². The van der Waals surface area contributed by atoms with Crippen LogP contribution in [0.25, 0.3) is 22.2 Å². The molecule has 4 aromatic rings. The Morgan fingerprint density at radius 1 is 1.24 bits per heavy atom. The molecule has 1 saturated heterocycles. The van der Waals surface area contributed by atoms with Crippen LogP contribution in [0.15, 0.2) is 48.8 Å². The highest BCUT2D eigenvalue weighted by Crippen LogP contribution is 2.24. The van der Waals surface area contributed by atoms with Gasteiger partial charge in [-0.1, -0.05) is 6.07 Å². The number of nitrogens with zero attached hydrogens (tertiary/aromatic N) is 4. The van der Waals surface area contributed by atoms with Crippen molar-refractivity contribution >= 4 is 22.6 Å². The van der Waals surface area contributed by atoms with E-state index in [1.54, 1.807) is 24.5 Å². The number of H-pyrrole nitrogens is 1. The lowest BCUT2D eigenvalue weighted by molar-refractivity contribution is 0.102. The highest BCUT2D eigenvalue weighted by molar-refractivity contribution is 6.04. The molecule has 2 N–H and O–H groups in total. The second-order valence-corrected chi connectivity index (χ2v) is 8.68. The number of amides is 1. The third kappa shape index (κ3) is 4.47. The molecular weight excluding hydrogens is 419 g/mol. The maximum absolute atomic E-state index is 14.7. The molecule has 168 valence electrons. The third-order valence-electron chi connectivity index (χ3n) is 6.17. The van der Waals surface area contributed by atoms with E-state index in [9.17, 15) is 9.18 Å². The second kappa shape index (κ2) is 8.71. The lowest BCUT2D eigenvalue weighted by atomic mass is 10.1. The van der Waals surface area contributed by atoms with Gasteiger partial charge in [0.25, 0.3) is 5.91 Å². The summed E-state index contributed by atoms with van der Waals surface area (Å²) in [7, 11) is 0. The van der Waals surface area contributed by atoms with E-state index in [4.69, 9.17) is 0 Å². The van der Waals surface area contributed by atoms with Crippen molar-refractivity contribution in [1.82, 2.24) is 25.1 Å². The molecule has 8 heteroatoms. The number of pyridine rings is 1.